The molecule has 2 aromatic rings. The van der Waals surface area contributed by atoms with E-state index < -0.39 is 0 Å². The van der Waals surface area contributed by atoms with Crippen molar-refractivity contribution in [3.05, 3.63) is 52.2 Å². The van der Waals surface area contributed by atoms with E-state index in [9.17, 15) is 9.59 Å². The third-order valence-electron chi connectivity index (χ3n) is 5.61. The van der Waals surface area contributed by atoms with Gasteiger partial charge in [0.15, 0.2) is 0 Å². The molecule has 29 heavy (non-hydrogen) atoms. The van der Waals surface area contributed by atoms with Crippen LogP contribution in [0.4, 0.5) is 0 Å². The van der Waals surface area contributed by atoms with E-state index in [4.69, 9.17) is 0 Å². The van der Waals surface area contributed by atoms with Gasteiger partial charge in [-0.1, -0.05) is 32.0 Å². The van der Waals surface area contributed by atoms with Crippen LogP contribution in [-0.2, 0) is 16.0 Å². The fourth-order valence-corrected chi connectivity index (χ4v) is 5.68. The van der Waals surface area contributed by atoms with Crippen molar-refractivity contribution in [2.45, 2.75) is 42.8 Å². The van der Waals surface area contributed by atoms with Crippen molar-refractivity contribution in [2.24, 2.45) is 5.92 Å². The largest absolute Gasteiger partial charge is 0.339 e. The fourth-order valence-electron chi connectivity index (χ4n) is 3.94. The van der Waals surface area contributed by atoms with Crippen LogP contribution in [0.15, 0.2) is 46.7 Å². The van der Waals surface area contributed by atoms with Gasteiger partial charge in [-0.3, -0.25) is 9.59 Å². The molecule has 4 rings (SSSR count). The van der Waals surface area contributed by atoms with Crippen LogP contribution in [0.2, 0.25) is 0 Å². The second-order valence-electron chi connectivity index (χ2n) is 8.16. The van der Waals surface area contributed by atoms with Gasteiger partial charge in [-0.2, -0.15) is 0 Å². The monoisotopic (exact) mass is 428 g/mol. The fraction of sp³-hybridized carbons (Fsp3) is 0.478. The summed E-state index contributed by atoms with van der Waals surface area (Å²) in [6.07, 6.45) is 1.41. The lowest BCUT2D eigenvalue weighted by atomic mass is 10.1. The summed E-state index contributed by atoms with van der Waals surface area (Å²) in [6.45, 7) is 6.95. The zero-order valence-corrected chi connectivity index (χ0v) is 18.7. The van der Waals surface area contributed by atoms with Crippen LogP contribution in [0, 0.1) is 5.92 Å². The maximum absolute atomic E-state index is 12.8. The molecule has 154 valence electrons. The highest BCUT2D eigenvalue weighted by Gasteiger charge is 2.46. The molecule has 1 aliphatic carbocycles. The van der Waals surface area contributed by atoms with E-state index >= 15 is 0 Å². The van der Waals surface area contributed by atoms with Gasteiger partial charge in [-0.15, -0.1) is 23.1 Å². The highest BCUT2D eigenvalue weighted by Crippen LogP contribution is 2.50. The van der Waals surface area contributed by atoms with Gasteiger partial charge in [0.2, 0.25) is 11.8 Å². The van der Waals surface area contributed by atoms with Crippen LogP contribution >= 0.6 is 23.1 Å². The summed E-state index contributed by atoms with van der Waals surface area (Å²) in [5.74, 6) is 0.995. The van der Waals surface area contributed by atoms with E-state index in [0.29, 0.717) is 43.8 Å². The van der Waals surface area contributed by atoms with Crippen LogP contribution in [0.25, 0.3) is 0 Å². The molecule has 0 N–H and O–H groups in total. The Balaban J connectivity index is 1.24. The second kappa shape index (κ2) is 8.92. The lowest BCUT2D eigenvalue weighted by Gasteiger charge is -2.35. The summed E-state index contributed by atoms with van der Waals surface area (Å²) in [5, 5.41) is 2.63. The first-order valence-corrected chi connectivity index (χ1v) is 12.1. The number of carbonyl (C=O) groups is 2. The molecule has 2 fully saturated rings. The van der Waals surface area contributed by atoms with Crippen molar-refractivity contribution < 1.29 is 9.59 Å². The molecule has 1 saturated heterocycles. The van der Waals surface area contributed by atoms with Crippen molar-refractivity contribution >= 4 is 34.9 Å². The third kappa shape index (κ3) is 5.04. The summed E-state index contributed by atoms with van der Waals surface area (Å²) >= 11 is 3.58. The minimum absolute atomic E-state index is 0.151. The molecule has 2 heterocycles. The Morgan fingerprint density at radius 2 is 1.76 bits per heavy atom. The second-order valence-corrected chi connectivity index (χ2v) is 10.8. The zero-order valence-electron chi connectivity index (χ0n) is 17.0. The average Bonchev–Trinajstić information content (AvgIpc) is 3.33. The van der Waals surface area contributed by atoms with E-state index in [1.165, 1.54) is 9.77 Å². The lowest BCUT2D eigenvalue weighted by Crippen LogP contribution is -2.51. The molecule has 6 heteroatoms. The third-order valence-corrected chi connectivity index (χ3v) is 7.63. The molecule has 1 saturated carbocycles. The number of piperazine rings is 1. The van der Waals surface area contributed by atoms with E-state index in [1.807, 2.05) is 21.6 Å². The molecule has 0 bridgehead atoms. The van der Waals surface area contributed by atoms with Gasteiger partial charge in [0, 0.05) is 53.0 Å². The first-order valence-electron chi connectivity index (χ1n) is 10.4. The smallest absolute Gasteiger partial charge is 0.227 e. The Labute approximate surface area is 181 Å². The number of hydrogen-bond acceptors (Lipinski definition) is 4. The van der Waals surface area contributed by atoms with Gasteiger partial charge in [-0.05, 0) is 35.6 Å². The number of carbonyl (C=O) groups excluding carboxylic acids is 2. The quantitative estimate of drug-likeness (QED) is 0.646. The Bertz CT molecular complexity index is 840. The molecular weight excluding hydrogens is 400 g/mol. The van der Waals surface area contributed by atoms with Crippen LogP contribution in [-0.4, -0.2) is 53.0 Å². The number of rotatable bonds is 6. The minimum Gasteiger partial charge on any atom is -0.339 e. The molecular formula is C23H28N2O2S2. The first-order chi connectivity index (χ1) is 14.0. The van der Waals surface area contributed by atoms with Crippen LogP contribution in [0.3, 0.4) is 0 Å². The maximum atomic E-state index is 12.8. The predicted molar refractivity (Wildman–Crippen MR) is 119 cm³/mol. The lowest BCUT2D eigenvalue weighted by molar-refractivity contribution is -0.140. The first kappa shape index (κ1) is 20.5. The Morgan fingerprint density at radius 3 is 2.38 bits per heavy atom. The van der Waals surface area contributed by atoms with Gasteiger partial charge in [-0.25, -0.2) is 0 Å². The van der Waals surface area contributed by atoms with E-state index in [0.717, 1.165) is 12.0 Å². The molecule has 1 aromatic carbocycles. The number of benzene rings is 1. The average molecular weight is 429 g/mol. The predicted octanol–water partition coefficient (Wildman–Crippen LogP) is 4.27. The molecule has 2 aliphatic rings. The Kier molecular flexibility index (Phi) is 6.30. The van der Waals surface area contributed by atoms with Crippen LogP contribution in [0.5, 0.6) is 0 Å². The van der Waals surface area contributed by atoms with E-state index in [-0.39, 0.29) is 17.7 Å². The van der Waals surface area contributed by atoms with Crippen LogP contribution in [0.1, 0.15) is 36.6 Å². The maximum Gasteiger partial charge on any atom is 0.227 e. The number of nitrogens with zero attached hydrogens (tertiary/aromatic N) is 2. The molecule has 2 amide bonds. The van der Waals surface area contributed by atoms with Gasteiger partial charge in [0.1, 0.15) is 0 Å². The van der Waals surface area contributed by atoms with Crippen molar-refractivity contribution in [2.75, 3.05) is 26.2 Å². The number of thiophene rings is 1. The summed E-state index contributed by atoms with van der Waals surface area (Å²) in [4.78, 5) is 31.9. The summed E-state index contributed by atoms with van der Waals surface area (Å²) < 4.78 is 0. The van der Waals surface area contributed by atoms with Gasteiger partial charge < -0.3 is 9.80 Å². The molecule has 2 atom stereocenters. The van der Waals surface area contributed by atoms with Crippen molar-refractivity contribution in [1.29, 1.82) is 0 Å². The molecule has 0 radical (unpaired) electrons. The van der Waals surface area contributed by atoms with Gasteiger partial charge >= 0.3 is 0 Å². The summed E-state index contributed by atoms with van der Waals surface area (Å²) in [7, 11) is 0. The van der Waals surface area contributed by atoms with E-state index in [1.54, 1.807) is 11.3 Å². The molecule has 0 unspecified atom stereocenters. The zero-order chi connectivity index (χ0) is 20.4. The minimum atomic E-state index is 0.151. The van der Waals surface area contributed by atoms with Crippen LogP contribution < -0.4 is 0 Å². The summed E-state index contributed by atoms with van der Waals surface area (Å²) in [6, 6.07) is 12.5. The molecule has 4 nitrogen and oxygen atoms in total. The topological polar surface area (TPSA) is 40.6 Å². The molecule has 0 spiro atoms. The SMILES string of the molecule is CC(C)Sc1ccc(CC(=O)N2CCN(C(=O)[C@H]3C[C@H]3c3cccs3)CC2)cc1. The Hall–Kier alpha value is -1.79. The number of thioether (sulfide) groups is 1. The molecule has 1 aliphatic heterocycles. The van der Waals surface area contributed by atoms with Gasteiger partial charge in [0.05, 0.1) is 6.42 Å². The van der Waals surface area contributed by atoms with Crippen molar-refractivity contribution in [1.82, 2.24) is 9.80 Å². The normalized spacial score (nSPS) is 21.5. The summed E-state index contributed by atoms with van der Waals surface area (Å²) in [5.41, 5.74) is 1.05. The number of amides is 2. The number of hydrogen-bond donors (Lipinski definition) is 0. The standard InChI is InChI=1S/C23H28N2O2S2/c1-16(2)29-18-7-5-17(6-8-18)14-22(26)24-9-11-25(12-10-24)23(27)20-15-19(20)21-4-3-13-28-21/h3-8,13,16,19-20H,9-12,14-15H2,1-2H3/t19-,20+/m1/s1. The highest BCUT2D eigenvalue weighted by atomic mass is 32.2. The van der Waals surface area contributed by atoms with E-state index in [2.05, 4.69) is 55.6 Å². The van der Waals surface area contributed by atoms with Crippen molar-refractivity contribution in [3.63, 3.8) is 0 Å². The molecule has 1 aromatic heterocycles. The van der Waals surface area contributed by atoms with Gasteiger partial charge in [0.25, 0.3) is 0 Å². The van der Waals surface area contributed by atoms with Crippen molar-refractivity contribution in [3.8, 4) is 0 Å². The highest BCUT2D eigenvalue weighted by molar-refractivity contribution is 7.99. The Morgan fingerprint density at radius 1 is 1.07 bits per heavy atom.